The summed E-state index contributed by atoms with van der Waals surface area (Å²) in [4.78, 5) is 11.9. The fourth-order valence-electron chi connectivity index (χ4n) is 5.30. The number of rotatable bonds is 5. The molecule has 6 nitrogen and oxygen atoms in total. The summed E-state index contributed by atoms with van der Waals surface area (Å²) in [6, 6.07) is 12.1. The third kappa shape index (κ3) is 5.36. The van der Waals surface area contributed by atoms with Crippen molar-refractivity contribution in [3.8, 4) is 11.4 Å². The van der Waals surface area contributed by atoms with Gasteiger partial charge in [0.15, 0.2) is 0 Å². The Morgan fingerprint density at radius 2 is 1.72 bits per heavy atom. The zero-order valence-electron chi connectivity index (χ0n) is 21.5. The van der Waals surface area contributed by atoms with Crippen molar-refractivity contribution in [1.82, 2.24) is 24.8 Å². The second kappa shape index (κ2) is 10.00. The maximum Gasteiger partial charge on any atom is 0.232 e. The summed E-state index contributed by atoms with van der Waals surface area (Å²) in [5.74, 6) is -0.458. The van der Waals surface area contributed by atoms with Crippen molar-refractivity contribution < 1.29 is 13.3 Å². The molecule has 2 aliphatic heterocycles. The minimum absolute atomic E-state index is 0.107. The highest BCUT2D eigenvalue weighted by molar-refractivity contribution is 5.55. The van der Waals surface area contributed by atoms with Crippen LogP contribution in [0.3, 0.4) is 0 Å². The lowest BCUT2D eigenvalue weighted by Crippen LogP contribution is -2.43. The molecule has 0 N–H and O–H groups in total. The van der Waals surface area contributed by atoms with Crippen molar-refractivity contribution >= 4 is 0 Å². The van der Waals surface area contributed by atoms with Gasteiger partial charge in [-0.05, 0) is 51.1 Å². The minimum atomic E-state index is -0.574. The van der Waals surface area contributed by atoms with Crippen molar-refractivity contribution in [1.29, 1.82) is 0 Å². The first-order valence-electron chi connectivity index (χ1n) is 12.7. The number of hydrogen-bond acceptors (Lipinski definition) is 6. The number of aromatic nitrogens is 2. The van der Waals surface area contributed by atoms with Gasteiger partial charge < -0.3 is 9.42 Å². The first-order valence-corrected chi connectivity index (χ1v) is 12.7. The van der Waals surface area contributed by atoms with E-state index >= 15 is 0 Å². The average Bonchev–Trinajstić information content (AvgIpc) is 3.48. The molecular formula is C28H35F2N5O. The van der Waals surface area contributed by atoms with Crippen molar-refractivity contribution in [2.75, 3.05) is 46.3 Å². The van der Waals surface area contributed by atoms with E-state index in [0.717, 1.165) is 44.4 Å². The number of benzene rings is 2. The van der Waals surface area contributed by atoms with Crippen LogP contribution in [0.4, 0.5) is 8.78 Å². The maximum absolute atomic E-state index is 14.8. The van der Waals surface area contributed by atoms with Gasteiger partial charge in [-0.15, -0.1) is 0 Å². The van der Waals surface area contributed by atoms with E-state index in [0.29, 0.717) is 30.4 Å². The van der Waals surface area contributed by atoms with Gasteiger partial charge in [0.25, 0.3) is 0 Å². The Bertz CT molecular complexity index is 1200. The molecule has 36 heavy (non-hydrogen) atoms. The molecule has 192 valence electrons. The van der Waals surface area contributed by atoms with E-state index in [2.05, 4.69) is 59.8 Å². The summed E-state index contributed by atoms with van der Waals surface area (Å²) in [6.45, 7) is 12.9. The van der Waals surface area contributed by atoms with Crippen molar-refractivity contribution in [3.05, 3.63) is 71.1 Å². The molecule has 0 aliphatic carbocycles. The molecule has 0 bridgehead atoms. The third-order valence-corrected chi connectivity index (χ3v) is 7.58. The zero-order valence-corrected chi connectivity index (χ0v) is 21.5. The van der Waals surface area contributed by atoms with Crippen LogP contribution in [-0.2, 0) is 6.54 Å². The summed E-state index contributed by atoms with van der Waals surface area (Å²) in [7, 11) is 2.16. The molecule has 0 radical (unpaired) electrons. The quantitative estimate of drug-likeness (QED) is 0.510. The van der Waals surface area contributed by atoms with Crippen molar-refractivity contribution in [3.63, 3.8) is 0 Å². The van der Waals surface area contributed by atoms with Crippen molar-refractivity contribution in [2.24, 2.45) is 0 Å². The van der Waals surface area contributed by atoms with Gasteiger partial charge >= 0.3 is 0 Å². The van der Waals surface area contributed by atoms with E-state index in [1.807, 2.05) is 12.1 Å². The monoisotopic (exact) mass is 495 g/mol. The molecule has 0 unspecified atom stereocenters. The van der Waals surface area contributed by atoms with E-state index < -0.39 is 11.6 Å². The lowest BCUT2D eigenvalue weighted by Gasteiger charge is -2.32. The molecule has 2 aliphatic rings. The third-order valence-electron chi connectivity index (χ3n) is 7.58. The lowest BCUT2D eigenvalue weighted by atomic mass is 9.88. The first kappa shape index (κ1) is 25.0. The summed E-state index contributed by atoms with van der Waals surface area (Å²) < 4.78 is 34.2. The van der Waals surface area contributed by atoms with Crippen LogP contribution in [0, 0.1) is 11.6 Å². The highest BCUT2D eigenvalue weighted by Crippen LogP contribution is 2.42. The second-order valence-electron chi connectivity index (χ2n) is 11.2. The van der Waals surface area contributed by atoms with Crippen LogP contribution in [0.5, 0.6) is 0 Å². The van der Waals surface area contributed by atoms with Gasteiger partial charge in [-0.25, -0.2) is 8.78 Å². The Balaban J connectivity index is 1.39. The molecule has 5 rings (SSSR count). The van der Waals surface area contributed by atoms with Crippen molar-refractivity contribution in [2.45, 2.75) is 44.7 Å². The molecule has 2 fully saturated rings. The molecule has 2 saturated heterocycles. The summed E-state index contributed by atoms with van der Waals surface area (Å²) in [5.41, 5.74) is 2.51. The number of halogens is 2. The molecule has 2 atom stereocenters. The molecule has 8 heteroatoms. The number of likely N-dealkylation sites (tertiary alicyclic amines) is 1. The van der Waals surface area contributed by atoms with Crippen LogP contribution in [0.25, 0.3) is 11.4 Å². The molecule has 1 aromatic heterocycles. The first-order chi connectivity index (χ1) is 17.2. The standard InChI is InChI=1S/C28H35F2N5O/c1-28(2,3)35-17-23(22-9-8-21(29)15-25(22)30)24(18-35)27-31-26(32-36-27)20-7-5-6-19(14-20)16-34-12-10-33(4)11-13-34/h5-9,14-15,23-24H,10-13,16-18H2,1-4H3/t23-,24-/m0/s1. The van der Waals surface area contributed by atoms with Gasteiger partial charge in [0.1, 0.15) is 11.6 Å². The topological polar surface area (TPSA) is 48.6 Å². The average molecular weight is 496 g/mol. The predicted octanol–water partition coefficient (Wildman–Crippen LogP) is 4.74. The van der Waals surface area contributed by atoms with E-state index in [9.17, 15) is 8.78 Å². The van der Waals surface area contributed by atoms with Crippen LogP contribution in [-0.4, -0.2) is 76.7 Å². The second-order valence-corrected chi connectivity index (χ2v) is 11.2. The molecule has 0 amide bonds. The normalized spacial score (nSPS) is 22.4. The van der Waals surface area contributed by atoms with E-state index in [1.165, 1.54) is 11.6 Å². The Kier molecular flexibility index (Phi) is 6.94. The van der Waals surface area contributed by atoms with Crippen LogP contribution < -0.4 is 0 Å². The van der Waals surface area contributed by atoms with E-state index in [1.54, 1.807) is 6.07 Å². The molecule has 3 heterocycles. The fourth-order valence-corrected chi connectivity index (χ4v) is 5.30. The van der Waals surface area contributed by atoms with Crippen LogP contribution in [0.1, 0.15) is 49.6 Å². The summed E-state index contributed by atoms with van der Waals surface area (Å²) in [6.07, 6.45) is 0. The van der Waals surface area contributed by atoms with Crippen LogP contribution >= 0.6 is 0 Å². The van der Waals surface area contributed by atoms with E-state index in [4.69, 9.17) is 9.51 Å². The number of nitrogens with zero attached hydrogens (tertiary/aromatic N) is 5. The zero-order chi connectivity index (χ0) is 25.4. The Morgan fingerprint density at radius 3 is 2.44 bits per heavy atom. The highest BCUT2D eigenvalue weighted by Gasteiger charge is 2.43. The van der Waals surface area contributed by atoms with Gasteiger partial charge in [0, 0.05) is 68.9 Å². The Hall–Kier alpha value is -2.68. The molecule has 2 aromatic carbocycles. The Labute approximate surface area is 211 Å². The number of hydrogen-bond donors (Lipinski definition) is 0. The van der Waals surface area contributed by atoms with Gasteiger partial charge in [0.05, 0.1) is 5.92 Å². The predicted molar refractivity (Wildman–Crippen MR) is 136 cm³/mol. The maximum atomic E-state index is 14.8. The van der Waals surface area contributed by atoms with Gasteiger partial charge in [-0.1, -0.05) is 29.4 Å². The van der Waals surface area contributed by atoms with Gasteiger partial charge in [-0.2, -0.15) is 4.98 Å². The number of likely N-dealkylation sites (N-methyl/N-ethyl adjacent to an activating group) is 1. The van der Waals surface area contributed by atoms with E-state index in [-0.39, 0.29) is 17.4 Å². The summed E-state index contributed by atoms with van der Waals surface area (Å²) >= 11 is 0. The smallest absolute Gasteiger partial charge is 0.232 e. The molecule has 0 spiro atoms. The fraction of sp³-hybridized carbons (Fsp3) is 0.500. The molecule has 3 aromatic rings. The lowest BCUT2D eigenvalue weighted by molar-refractivity contribution is 0.148. The molecule has 0 saturated carbocycles. The molecular weight excluding hydrogens is 460 g/mol. The van der Waals surface area contributed by atoms with Crippen LogP contribution in [0.2, 0.25) is 0 Å². The summed E-state index contributed by atoms with van der Waals surface area (Å²) in [5, 5.41) is 4.30. The number of piperazine rings is 1. The van der Waals surface area contributed by atoms with Crippen LogP contribution in [0.15, 0.2) is 47.0 Å². The largest absolute Gasteiger partial charge is 0.339 e. The SMILES string of the molecule is CN1CCN(Cc2cccc(-c3noc([C@H]4CN(C(C)(C)C)C[C@H]4c4ccc(F)cc4F)n3)c2)CC1. The minimum Gasteiger partial charge on any atom is -0.339 e. The van der Waals surface area contributed by atoms with Gasteiger partial charge in [-0.3, -0.25) is 9.80 Å². The Morgan fingerprint density at radius 1 is 0.972 bits per heavy atom. The van der Waals surface area contributed by atoms with Gasteiger partial charge in [0.2, 0.25) is 11.7 Å². The highest BCUT2D eigenvalue weighted by atomic mass is 19.1.